The highest BCUT2D eigenvalue weighted by Crippen LogP contribution is 2.26. The van der Waals surface area contributed by atoms with E-state index >= 15 is 0 Å². The first kappa shape index (κ1) is 16.1. The van der Waals surface area contributed by atoms with E-state index in [1.165, 1.54) is 0 Å². The zero-order chi connectivity index (χ0) is 13.2. The van der Waals surface area contributed by atoms with Crippen molar-refractivity contribution in [3.05, 3.63) is 23.2 Å². The summed E-state index contributed by atoms with van der Waals surface area (Å²) in [4.78, 5) is 12.0. The van der Waals surface area contributed by atoms with E-state index in [1.807, 2.05) is 19.9 Å². The maximum Gasteiger partial charge on any atom is 0.287 e. The minimum atomic E-state index is -0.0969. The highest BCUT2D eigenvalue weighted by Gasteiger charge is 2.27. The summed E-state index contributed by atoms with van der Waals surface area (Å²) in [7, 11) is 0. The van der Waals surface area contributed by atoms with E-state index in [0.29, 0.717) is 12.3 Å². The molecule has 108 valence electrons. The van der Waals surface area contributed by atoms with Crippen molar-refractivity contribution in [3.63, 3.8) is 0 Å². The molecule has 0 spiro atoms. The number of amides is 1. The van der Waals surface area contributed by atoms with E-state index in [4.69, 9.17) is 4.42 Å². The van der Waals surface area contributed by atoms with Crippen molar-refractivity contribution in [3.8, 4) is 0 Å². The van der Waals surface area contributed by atoms with Gasteiger partial charge < -0.3 is 15.1 Å². The van der Waals surface area contributed by atoms with Crippen molar-refractivity contribution in [1.82, 2.24) is 10.6 Å². The molecule has 1 aromatic rings. The predicted octanol–water partition coefficient (Wildman–Crippen LogP) is 2.44. The lowest BCUT2D eigenvalue weighted by atomic mass is 9.81. The van der Waals surface area contributed by atoms with Gasteiger partial charge >= 0.3 is 0 Å². The molecule has 0 aliphatic carbocycles. The van der Waals surface area contributed by atoms with E-state index in [0.717, 1.165) is 37.3 Å². The summed E-state index contributed by atoms with van der Waals surface area (Å²) < 4.78 is 5.42. The molecule has 1 aliphatic rings. The van der Waals surface area contributed by atoms with Crippen LogP contribution in [0.3, 0.4) is 0 Å². The molecular formula is C14H23ClN2O2. The van der Waals surface area contributed by atoms with E-state index in [1.54, 1.807) is 0 Å². The van der Waals surface area contributed by atoms with Crippen molar-refractivity contribution in [2.24, 2.45) is 5.41 Å². The van der Waals surface area contributed by atoms with Crippen LogP contribution >= 0.6 is 12.4 Å². The monoisotopic (exact) mass is 286 g/mol. The van der Waals surface area contributed by atoms with Crippen LogP contribution in [0.5, 0.6) is 0 Å². The van der Waals surface area contributed by atoms with Gasteiger partial charge in [-0.1, -0.05) is 6.92 Å². The molecular weight excluding hydrogens is 264 g/mol. The number of piperidine rings is 1. The highest BCUT2D eigenvalue weighted by molar-refractivity contribution is 5.92. The second-order valence-electron chi connectivity index (χ2n) is 5.61. The normalized spacial score (nSPS) is 17.6. The Morgan fingerprint density at radius 3 is 2.58 bits per heavy atom. The van der Waals surface area contributed by atoms with Gasteiger partial charge in [0.15, 0.2) is 5.76 Å². The van der Waals surface area contributed by atoms with Gasteiger partial charge in [-0.15, -0.1) is 12.4 Å². The summed E-state index contributed by atoms with van der Waals surface area (Å²) in [5, 5.41) is 6.34. The van der Waals surface area contributed by atoms with Crippen LogP contribution in [0.4, 0.5) is 0 Å². The minimum absolute atomic E-state index is 0. The number of halogens is 1. The van der Waals surface area contributed by atoms with Crippen LogP contribution in [-0.2, 0) is 0 Å². The zero-order valence-electron chi connectivity index (χ0n) is 11.8. The molecule has 0 unspecified atom stereocenters. The van der Waals surface area contributed by atoms with Gasteiger partial charge in [0.05, 0.1) is 0 Å². The van der Waals surface area contributed by atoms with Crippen LogP contribution in [0.25, 0.3) is 0 Å². The summed E-state index contributed by atoms with van der Waals surface area (Å²) in [6, 6.07) is 1.89. The Kier molecular flexibility index (Phi) is 5.44. The second kappa shape index (κ2) is 6.44. The van der Waals surface area contributed by atoms with Crippen LogP contribution in [0, 0.1) is 19.3 Å². The predicted molar refractivity (Wildman–Crippen MR) is 78.0 cm³/mol. The van der Waals surface area contributed by atoms with Crippen molar-refractivity contribution < 1.29 is 9.21 Å². The topological polar surface area (TPSA) is 54.3 Å². The Morgan fingerprint density at radius 1 is 1.42 bits per heavy atom. The number of carbonyl (C=O) groups excluding carboxylic acids is 1. The number of nitrogens with one attached hydrogen (secondary N) is 2. The summed E-state index contributed by atoms with van der Waals surface area (Å²) in [5.74, 6) is 1.14. The molecule has 0 radical (unpaired) electrons. The first-order valence-electron chi connectivity index (χ1n) is 6.56. The minimum Gasteiger partial charge on any atom is -0.456 e. The number of carbonyl (C=O) groups is 1. The molecule has 1 amide bonds. The lowest BCUT2D eigenvalue weighted by Crippen LogP contribution is -2.42. The fourth-order valence-electron chi connectivity index (χ4n) is 2.45. The second-order valence-corrected chi connectivity index (χ2v) is 5.61. The fourth-order valence-corrected chi connectivity index (χ4v) is 2.45. The van der Waals surface area contributed by atoms with Gasteiger partial charge in [-0.25, -0.2) is 0 Å². The standard InChI is InChI=1S/C14H22N2O2.ClH/c1-10-8-11(2)18-12(10)13(17)16-9-14(3)4-6-15-7-5-14;/h8,15H,4-7,9H2,1-3H3,(H,16,17);1H. The summed E-state index contributed by atoms with van der Waals surface area (Å²) >= 11 is 0. The van der Waals surface area contributed by atoms with Crippen LogP contribution in [-0.4, -0.2) is 25.5 Å². The van der Waals surface area contributed by atoms with E-state index in [9.17, 15) is 4.79 Å². The van der Waals surface area contributed by atoms with Crippen molar-refractivity contribution in [2.75, 3.05) is 19.6 Å². The molecule has 19 heavy (non-hydrogen) atoms. The van der Waals surface area contributed by atoms with Gasteiger partial charge in [-0.3, -0.25) is 4.79 Å². The molecule has 1 aliphatic heterocycles. The smallest absolute Gasteiger partial charge is 0.287 e. The third-order valence-electron chi connectivity index (χ3n) is 3.73. The summed E-state index contributed by atoms with van der Waals surface area (Å²) in [5.41, 5.74) is 1.11. The van der Waals surface area contributed by atoms with E-state index < -0.39 is 0 Å². The maximum absolute atomic E-state index is 12.0. The number of aryl methyl sites for hydroxylation is 2. The van der Waals surface area contributed by atoms with Gasteiger partial charge in [-0.2, -0.15) is 0 Å². The van der Waals surface area contributed by atoms with E-state index in [2.05, 4.69) is 17.6 Å². The van der Waals surface area contributed by atoms with Gasteiger partial charge in [0.1, 0.15) is 5.76 Å². The van der Waals surface area contributed by atoms with Gasteiger partial charge in [-0.05, 0) is 51.3 Å². The fraction of sp³-hybridized carbons (Fsp3) is 0.643. The molecule has 1 saturated heterocycles. The van der Waals surface area contributed by atoms with Gasteiger partial charge in [0.25, 0.3) is 5.91 Å². The van der Waals surface area contributed by atoms with Crippen LogP contribution in [0.15, 0.2) is 10.5 Å². The highest BCUT2D eigenvalue weighted by atomic mass is 35.5. The molecule has 4 nitrogen and oxygen atoms in total. The Morgan fingerprint density at radius 2 is 2.05 bits per heavy atom. The molecule has 1 aromatic heterocycles. The zero-order valence-corrected chi connectivity index (χ0v) is 12.7. The van der Waals surface area contributed by atoms with Crippen LogP contribution in [0.2, 0.25) is 0 Å². The Labute approximate surface area is 120 Å². The molecule has 0 saturated carbocycles. The third kappa shape index (κ3) is 3.98. The Bertz CT molecular complexity index is 437. The van der Waals surface area contributed by atoms with E-state index in [-0.39, 0.29) is 23.7 Å². The number of rotatable bonds is 3. The summed E-state index contributed by atoms with van der Waals surface area (Å²) in [6.07, 6.45) is 2.20. The van der Waals surface area contributed by atoms with Crippen molar-refractivity contribution in [2.45, 2.75) is 33.6 Å². The number of furan rings is 1. The SMILES string of the molecule is Cc1cc(C)c(C(=O)NCC2(C)CCNCC2)o1.Cl. The third-order valence-corrected chi connectivity index (χ3v) is 3.73. The first-order chi connectivity index (χ1) is 8.50. The van der Waals surface area contributed by atoms with Crippen molar-refractivity contribution >= 4 is 18.3 Å². The van der Waals surface area contributed by atoms with Crippen LogP contribution in [0.1, 0.15) is 41.6 Å². The maximum atomic E-state index is 12.0. The Hall–Kier alpha value is -1.00. The van der Waals surface area contributed by atoms with Gasteiger partial charge in [0.2, 0.25) is 0 Å². The molecule has 1 fully saturated rings. The largest absolute Gasteiger partial charge is 0.456 e. The van der Waals surface area contributed by atoms with Crippen molar-refractivity contribution in [1.29, 1.82) is 0 Å². The van der Waals surface area contributed by atoms with Crippen LogP contribution < -0.4 is 10.6 Å². The van der Waals surface area contributed by atoms with Gasteiger partial charge in [0, 0.05) is 12.1 Å². The molecule has 5 heteroatoms. The number of hydrogen-bond acceptors (Lipinski definition) is 3. The number of hydrogen-bond donors (Lipinski definition) is 2. The average Bonchev–Trinajstić information content (AvgIpc) is 2.67. The lowest BCUT2D eigenvalue weighted by Gasteiger charge is -2.34. The molecule has 0 atom stereocenters. The molecule has 2 N–H and O–H groups in total. The molecule has 2 heterocycles. The average molecular weight is 287 g/mol. The summed E-state index contributed by atoms with van der Waals surface area (Å²) in [6.45, 7) is 8.77. The quantitative estimate of drug-likeness (QED) is 0.897. The first-order valence-corrected chi connectivity index (χ1v) is 6.56. The molecule has 2 rings (SSSR count). The molecule has 0 aromatic carbocycles. The lowest BCUT2D eigenvalue weighted by molar-refractivity contribution is 0.0892. The Balaban J connectivity index is 0.00000180. The molecule has 0 bridgehead atoms.